The minimum absolute atomic E-state index is 0.00677. The predicted molar refractivity (Wildman–Crippen MR) is 107 cm³/mol. The van der Waals surface area contributed by atoms with Crippen molar-refractivity contribution in [3.63, 3.8) is 0 Å². The lowest BCUT2D eigenvalue weighted by Gasteiger charge is -2.15. The minimum Gasteiger partial charge on any atom is -0.493 e. The Kier molecular flexibility index (Phi) is 9.42. The first kappa shape index (κ1) is 26.6. The monoisotopic (exact) mass is 493 g/mol. The molecular weight excluding hydrogens is 473 g/mol. The summed E-state index contributed by atoms with van der Waals surface area (Å²) < 4.78 is 88.0. The zero-order valence-corrected chi connectivity index (χ0v) is 17.9. The minimum atomic E-state index is -4.67. The first-order valence-electron chi connectivity index (χ1n) is 9.48. The van der Waals surface area contributed by atoms with Crippen LogP contribution in [0, 0.1) is 0 Å². The third-order valence-corrected chi connectivity index (χ3v) is 4.08. The highest BCUT2D eigenvalue weighted by Crippen LogP contribution is 2.35. The van der Waals surface area contributed by atoms with Crippen LogP contribution in [0.4, 0.5) is 27.6 Å². The molecule has 0 atom stereocenters. The maximum absolute atomic E-state index is 13.0. The molecule has 0 unspecified atom stereocenters. The SMILES string of the molecule is COCCOc1ccc(C(F)(F)F)cc1NC(=O)COC(=O)c1ccc(OC(F)F)c(OC)c1. The second kappa shape index (κ2) is 12.0. The number of hydrogen-bond acceptors (Lipinski definition) is 7. The molecule has 2 aromatic carbocycles. The average molecular weight is 493 g/mol. The van der Waals surface area contributed by atoms with Crippen LogP contribution in [0.3, 0.4) is 0 Å². The molecule has 8 nitrogen and oxygen atoms in total. The van der Waals surface area contributed by atoms with Crippen molar-refractivity contribution in [3.8, 4) is 17.2 Å². The molecule has 0 heterocycles. The average Bonchev–Trinajstić information content (AvgIpc) is 2.77. The van der Waals surface area contributed by atoms with E-state index >= 15 is 0 Å². The maximum atomic E-state index is 13.0. The van der Waals surface area contributed by atoms with Crippen LogP contribution in [-0.2, 0) is 20.4 Å². The number of nitrogens with one attached hydrogen (secondary N) is 1. The molecule has 0 radical (unpaired) electrons. The standard InChI is InChI=1S/C21H20F5NO7/c1-30-7-8-32-15-6-4-13(21(24,25)26)10-14(15)27-18(28)11-33-19(29)12-3-5-16(34-20(22)23)17(9-12)31-2/h3-6,9-10,20H,7-8,11H2,1-2H3,(H,27,28). The highest BCUT2D eigenvalue weighted by Gasteiger charge is 2.31. The lowest BCUT2D eigenvalue weighted by atomic mass is 10.1. The van der Waals surface area contributed by atoms with Crippen LogP contribution in [0.15, 0.2) is 36.4 Å². The quantitative estimate of drug-likeness (QED) is 0.286. The smallest absolute Gasteiger partial charge is 0.416 e. The van der Waals surface area contributed by atoms with Crippen LogP contribution in [0.1, 0.15) is 15.9 Å². The summed E-state index contributed by atoms with van der Waals surface area (Å²) in [5, 5.41) is 2.20. The summed E-state index contributed by atoms with van der Waals surface area (Å²) in [7, 11) is 2.57. The summed E-state index contributed by atoms with van der Waals surface area (Å²) >= 11 is 0. The Morgan fingerprint density at radius 1 is 0.971 bits per heavy atom. The van der Waals surface area contributed by atoms with Crippen molar-refractivity contribution < 1.29 is 55.2 Å². The molecule has 0 aliphatic carbocycles. The molecular formula is C21H20F5NO7. The van der Waals surface area contributed by atoms with Gasteiger partial charge in [0.05, 0.1) is 30.5 Å². The zero-order valence-electron chi connectivity index (χ0n) is 17.9. The Labute approximate surface area is 190 Å². The summed E-state index contributed by atoms with van der Waals surface area (Å²) in [6.07, 6.45) is -4.67. The predicted octanol–water partition coefficient (Wildman–Crippen LogP) is 4.14. The summed E-state index contributed by atoms with van der Waals surface area (Å²) in [4.78, 5) is 24.4. The van der Waals surface area contributed by atoms with E-state index in [2.05, 4.69) is 10.1 Å². The first-order chi connectivity index (χ1) is 16.0. The largest absolute Gasteiger partial charge is 0.493 e. The van der Waals surface area contributed by atoms with E-state index in [0.717, 1.165) is 37.4 Å². The molecule has 186 valence electrons. The van der Waals surface area contributed by atoms with Gasteiger partial charge in [-0.15, -0.1) is 0 Å². The number of methoxy groups -OCH3 is 2. The van der Waals surface area contributed by atoms with E-state index in [1.165, 1.54) is 7.11 Å². The number of rotatable bonds is 11. The molecule has 0 fully saturated rings. The second-order valence-corrected chi connectivity index (χ2v) is 6.42. The van der Waals surface area contributed by atoms with E-state index in [-0.39, 0.29) is 41.7 Å². The van der Waals surface area contributed by atoms with Gasteiger partial charge < -0.3 is 29.0 Å². The van der Waals surface area contributed by atoms with E-state index in [9.17, 15) is 31.5 Å². The fourth-order valence-electron chi connectivity index (χ4n) is 2.55. The number of esters is 1. The van der Waals surface area contributed by atoms with Crippen LogP contribution < -0.4 is 19.5 Å². The van der Waals surface area contributed by atoms with E-state index in [1.807, 2.05) is 0 Å². The molecule has 0 aromatic heterocycles. The number of carbonyl (C=O) groups excluding carboxylic acids is 2. The molecule has 0 aliphatic rings. The first-order valence-corrected chi connectivity index (χ1v) is 9.48. The number of amides is 1. The number of benzene rings is 2. The lowest BCUT2D eigenvalue weighted by molar-refractivity contribution is -0.137. The normalized spacial score (nSPS) is 11.2. The van der Waals surface area contributed by atoms with Gasteiger partial charge in [0.25, 0.3) is 5.91 Å². The third-order valence-electron chi connectivity index (χ3n) is 4.08. The molecule has 13 heteroatoms. The topological polar surface area (TPSA) is 92.3 Å². The Bertz CT molecular complexity index is 998. The van der Waals surface area contributed by atoms with Gasteiger partial charge >= 0.3 is 18.8 Å². The van der Waals surface area contributed by atoms with Crippen molar-refractivity contribution in [2.75, 3.05) is 39.4 Å². The molecule has 0 spiro atoms. The van der Waals surface area contributed by atoms with E-state index in [4.69, 9.17) is 18.9 Å². The van der Waals surface area contributed by atoms with Crippen LogP contribution in [0.2, 0.25) is 0 Å². The molecule has 2 aromatic rings. The Morgan fingerprint density at radius 2 is 1.68 bits per heavy atom. The van der Waals surface area contributed by atoms with Crippen molar-refractivity contribution in [1.29, 1.82) is 0 Å². The molecule has 0 bridgehead atoms. The van der Waals surface area contributed by atoms with Crippen LogP contribution >= 0.6 is 0 Å². The van der Waals surface area contributed by atoms with Crippen molar-refractivity contribution in [1.82, 2.24) is 0 Å². The van der Waals surface area contributed by atoms with E-state index in [1.54, 1.807) is 0 Å². The number of anilines is 1. The summed E-state index contributed by atoms with van der Waals surface area (Å²) in [5.74, 6) is -2.52. The Hall–Kier alpha value is -3.61. The summed E-state index contributed by atoms with van der Waals surface area (Å²) in [6.45, 7) is -3.82. The molecule has 34 heavy (non-hydrogen) atoms. The van der Waals surface area contributed by atoms with Gasteiger partial charge in [0.1, 0.15) is 12.4 Å². The van der Waals surface area contributed by atoms with Gasteiger partial charge in [0.2, 0.25) is 0 Å². The third kappa shape index (κ3) is 7.76. The Morgan fingerprint density at radius 3 is 2.29 bits per heavy atom. The summed E-state index contributed by atoms with van der Waals surface area (Å²) in [6, 6.07) is 5.71. The number of halogens is 5. The number of hydrogen-bond donors (Lipinski definition) is 1. The number of ether oxygens (including phenoxy) is 5. The van der Waals surface area contributed by atoms with Gasteiger partial charge in [-0.2, -0.15) is 22.0 Å². The fraction of sp³-hybridized carbons (Fsp3) is 0.333. The van der Waals surface area contributed by atoms with E-state index < -0.39 is 36.8 Å². The van der Waals surface area contributed by atoms with Gasteiger partial charge in [-0.25, -0.2) is 4.79 Å². The highest BCUT2D eigenvalue weighted by atomic mass is 19.4. The van der Waals surface area contributed by atoms with Crippen LogP contribution in [-0.4, -0.2) is 52.5 Å². The van der Waals surface area contributed by atoms with Crippen LogP contribution in [0.5, 0.6) is 17.2 Å². The van der Waals surface area contributed by atoms with Gasteiger partial charge in [-0.05, 0) is 36.4 Å². The molecule has 1 amide bonds. The fourth-order valence-corrected chi connectivity index (χ4v) is 2.55. The molecule has 1 N–H and O–H groups in total. The molecule has 0 saturated heterocycles. The lowest BCUT2D eigenvalue weighted by Crippen LogP contribution is -2.22. The van der Waals surface area contributed by atoms with Crippen molar-refractivity contribution in [3.05, 3.63) is 47.5 Å². The van der Waals surface area contributed by atoms with Crippen molar-refractivity contribution in [2.45, 2.75) is 12.8 Å². The van der Waals surface area contributed by atoms with Crippen molar-refractivity contribution >= 4 is 17.6 Å². The number of carbonyl (C=O) groups is 2. The second-order valence-electron chi connectivity index (χ2n) is 6.42. The molecule has 0 aliphatic heterocycles. The Balaban J connectivity index is 2.08. The molecule has 0 saturated carbocycles. The maximum Gasteiger partial charge on any atom is 0.416 e. The van der Waals surface area contributed by atoms with Crippen LogP contribution in [0.25, 0.3) is 0 Å². The zero-order chi connectivity index (χ0) is 25.3. The molecule has 2 rings (SSSR count). The van der Waals surface area contributed by atoms with Gasteiger partial charge in [-0.3, -0.25) is 4.79 Å². The van der Waals surface area contributed by atoms with Gasteiger partial charge in [0, 0.05) is 7.11 Å². The number of alkyl halides is 5. The summed E-state index contributed by atoms with van der Waals surface area (Å²) in [5.41, 5.74) is -1.46. The van der Waals surface area contributed by atoms with Crippen molar-refractivity contribution in [2.24, 2.45) is 0 Å². The van der Waals surface area contributed by atoms with Gasteiger partial charge in [-0.1, -0.05) is 0 Å². The van der Waals surface area contributed by atoms with Gasteiger partial charge in [0.15, 0.2) is 18.1 Å². The van der Waals surface area contributed by atoms with E-state index in [0.29, 0.717) is 6.07 Å². The highest BCUT2D eigenvalue weighted by molar-refractivity contribution is 5.96.